The first-order chi connectivity index (χ1) is 9.08. The van der Waals surface area contributed by atoms with Crippen LogP contribution in [-0.2, 0) is 0 Å². The normalized spacial score (nSPS) is 20.0. The fraction of sp³-hybridized carbons (Fsp3) is 0.667. The zero-order valence-electron chi connectivity index (χ0n) is 12.1. The Balaban J connectivity index is 1.94. The summed E-state index contributed by atoms with van der Waals surface area (Å²) in [6, 6.07) is 2.27. The molecule has 2 rings (SSSR count). The van der Waals surface area contributed by atoms with Crippen LogP contribution in [0.4, 0.5) is 0 Å². The Labute approximate surface area is 115 Å². The predicted molar refractivity (Wildman–Crippen MR) is 75.2 cm³/mol. The lowest BCUT2D eigenvalue weighted by molar-refractivity contribution is 0.0670. The SMILES string of the molecule is Cc1occc1C(=O)N1CCCC(CNC(C)C)C1. The number of likely N-dealkylation sites (tertiary alicyclic amines) is 1. The molecule has 1 N–H and O–H groups in total. The summed E-state index contributed by atoms with van der Waals surface area (Å²) >= 11 is 0. The molecule has 2 heterocycles. The fourth-order valence-corrected chi connectivity index (χ4v) is 2.60. The highest BCUT2D eigenvalue weighted by atomic mass is 16.3. The van der Waals surface area contributed by atoms with Crippen molar-refractivity contribution in [3.8, 4) is 0 Å². The van der Waals surface area contributed by atoms with E-state index in [0.717, 1.165) is 26.1 Å². The van der Waals surface area contributed by atoms with Crippen molar-refractivity contribution in [3.63, 3.8) is 0 Å². The molecule has 1 aliphatic heterocycles. The van der Waals surface area contributed by atoms with Crippen molar-refractivity contribution in [1.29, 1.82) is 0 Å². The molecule has 0 saturated carbocycles. The van der Waals surface area contributed by atoms with Crippen LogP contribution in [0, 0.1) is 12.8 Å². The van der Waals surface area contributed by atoms with E-state index in [0.29, 0.717) is 23.3 Å². The minimum absolute atomic E-state index is 0.112. The Hall–Kier alpha value is -1.29. The summed E-state index contributed by atoms with van der Waals surface area (Å²) in [5.74, 6) is 1.39. The summed E-state index contributed by atoms with van der Waals surface area (Å²) in [5, 5.41) is 3.46. The number of carbonyl (C=O) groups excluding carboxylic acids is 1. The first-order valence-electron chi connectivity index (χ1n) is 7.14. The molecule has 1 amide bonds. The first-order valence-corrected chi connectivity index (χ1v) is 7.14. The van der Waals surface area contributed by atoms with E-state index in [4.69, 9.17) is 4.42 Å². The third kappa shape index (κ3) is 3.60. The minimum Gasteiger partial charge on any atom is -0.469 e. The Kier molecular flexibility index (Phi) is 4.64. The predicted octanol–water partition coefficient (Wildman–Crippen LogP) is 2.44. The van der Waals surface area contributed by atoms with Gasteiger partial charge in [0.2, 0.25) is 0 Å². The van der Waals surface area contributed by atoms with Crippen molar-refractivity contribution < 1.29 is 9.21 Å². The van der Waals surface area contributed by atoms with Crippen molar-refractivity contribution in [1.82, 2.24) is 10.2 Å². The van der Waals surface area contributed by atoms with Crippen LogP contribution in [0.15, 0.2) is 16.7 Å². The van der Waals surface area contributed by atoms with Gasteiger partial charge in [0.15, 0.2) is 0 Å². The highest BCUT2D eigenvalue weighted by Gasteiger charge is 2.25. The number of furan rings is 1. The third-order valence-corrected chi connectivity index (χ3v) is 3.71. The topological polar surface area (TPSA) is 45.5 Å². The van der Waals surface area contributed by atoms with Gasteiger partial charge in [0.25, 0.3) is 5.91 Å². The summed E-state index contributed by atoms with van der Waals surface area (Å²) in [6.45, 7) is 8.85. The second-order valence-electron chi connectivity index (χ2n) is 5.71. The Bertz CT molecular complexity index is 426. The van der Waals surface area contributed by atoms with Gasteiger partial charge in [0.1, 0.15) is 5.76 Å². The van der Waals surface area contributed by atoms with Crippen LogP contribution in [0.25, 0.3) is 0 Å². The van der Waals surface area contributed by atoms with Crippen LogP contribution >= 0.6 is 0 Å². The number of hydrogen-bond donors (Lipinski definition) is 1. The van der Waals surface area contributed by atoms with Gasteiger partial charge in [-0.3, -0.25) is 4.79 Å². The van der Waals surface area contributed by atoms with E-state index in [-0.39, 0.29) is 5.91 Å². The molecule has 0 aromatic carbocycles. The van der Waals surface area contributed by atoms with Gasteiger partial charge in [0.05, 0.1) is 11.8 Å². The molecule has 0 bridgehead atoms. The van der Waals surface area contributed by atoms with Gasteiger partial charge in [-0.05, 0) is 38.3 Å². The summed E-state index contributed by atoms with van der Waals surface area (Å²) in [4.78, 5) is 14.4. The number of carbonyl (C=O) groups is 1. The minimum atomic E-state index is 0.112. The van der Waals surface area contributed by atoms with E-state index in [2.05, 4.69) is 19.2 Å². The summed E-state index contributed by atoms with van der Waals surface area (Å²) in [5.41, 5.74) is 0.706. The number of piperidine rings is 1. The van der Waals surface area contributed by atoms with E-state index in [1.165, 1.54) is 6.42 Å². The van der Waals surface area contributed by atoms with E-state index >= 15 is 0 Å². The lowest BCUT2D eigenvalue weighted by Gasteiger charge is -2.33. The smallest absolute Gasteiger partial charge is 0.257 e. The van der Waals surface area contributed by atoms with Crippen molar-refractivity contribution in [2.24, 2.45) is 5.92 Å². The molecule has 4 heteroatoms. The van der Waals surface area contributed by atoms with Gasteiger partial charge >= 0.3 is 0 Å². The van der Waals surface area contributed by atoms with Crippen LogP contribution in [0.3, 0.4) is 0 Å². The summed E-state index contributed by atoms with van der Waals surface area (Å²) in [7, 11) is 0. The molecular formula is C15H24N2O2. The molecule has 4 nitrogen and oxygen atoms in total. The van der Waals surface area contributed by atoms with Crippen LogP contribution in [-0.4, -0.2) is 36.5 Å². The van der Waals surface area contributed by atoms with E-state index in [9.17, 15) is 4.79 Å². The molecule has 1 aromatic heterocycles. The quantitative estimate of drug-likeness (QED) is 0.908. The highest BCUT2D eigenvalue weighted by molar-refractivity contribution is 5.95. The number of rotatable bonds is 4. The maximum Gasteiger partial charge on any atom is 0.257 e. The van der Waals surface area contributed by atoms with Crippen LogP contribution < -0.4 is 5.32 Å². The van der Waals surface area contributed by atoms with E-state index in [1.54, 1.807) is 12.3 Å². The molecule has 19 heavy (non-hydrogen) atoms. The summed E-state index contributed by atoms with van der Waals surface area (Å²) in [6.07, 6.45) is 3.88. The standard InChI is InChI=1S/C15H24N2O2/c1-11(2)16-9-13-5-4-7-17(10-13)15(18)14-6-8-19-12(14)3/h6,8,11,13,16H,4-5,7,9-10H2,1-3H3. The lowest BCUT2D eigenvalue weighted by atomic mass is 9.97. The monoisotopic (exact) mass is 264 g/mol. The third-order valence-electron chi connectivity index (χ3n) is 3.71. The Morgan fingerprint density at radius 2 is 2.37 bits per heavy atom. The van der Waals surface area contributed by atoms with Crippen LogP contribution in [0.1, 0.15) is 42.8 Å². The molecule has 1 unspecified atom stereocenters. The fourth-order valence-electron chi connectivity index (χ4n) is 2.60. The average Bonchev–Trinajstić information content (AvgIpc) is 2.82. The van der Waals surface area contributed by atoms with Gasteiger partial charge in [0, 0.05) is 19.1 Å². The molecule has 1 saturated heterocycles. The molecule has 0 radical (unpaired) electrons. The maximum atomic E-state index is 12.4. The summed E-state index contributed by atoms with van der Waals surface area (Å²) < 4.78 is 5.22. The van der Waals surface area contributed by atoms with Crippen molar-refractivity contribution >= 4 is 5.91 Å². The second-order valence-corrected chi connectivity index (χ2v) is 5.71. The average molecular weight is 264 g/mol. The van der Waals surface area contributed by atoms with E-state index < -0.39 is 0 Å². The van der Waals surface area contributed by atoms with Crippen molar-refractivity contribution in [3.05, 3.63) is 23.7 Å². The second kappa shape index (κ2) is 6.24. The van der Waals surface area contributed by atoms with Crippen molar-refractivity contribution in [2.45, 2.75) is 39.7 Å². The van der Waals surface area contributed by atoms with Gasteiger partial charge in [-0.2, -0.15) is 0 Å². The number of nitrogens with zero attached hydrogens (tertiary/aromatic N) is 1. The zero-order valence-corrected chi connectivity index (χ0v) is 12.1. The van der Waals surface area contributed by atoms with Gasteiger partial charge in [-0.25, -0.2) is 0 Å². The van der Waals surface area contributed by atoms with Crippen LogP contribution in [0.5, 0.6) is 0 Å². The van der Waals surface area contributed by atoms with Crippen molar-refractivity contribution in [2.75, 3.05) is 19.6 Å². The maximum absolute atomic E-state index is 12.4. The molecular weight excluding hydrogens is 240 g/mol. The number of hydrogen-bond acceptors (Lipinski definition) is 3. The largest absolute Gasteiger partial charge is 0.469 e. The molecule has 1 aliphatic rings. The molecule has 0 aliphatic carbocycles. The molecule has 1 fully saturated rings. The van der Waals surface area contributed by atoms with Gasteiger partial charge in [-0.1, -0.05) is 13.8 Å². The highest BCUT2D eigenvalue weighted by Crippen LogP contribution is 2.20. The van der Waals surface area contributed by atoms with Gasteiger partial charge < -0.3 is 14.6 Å². The molecule has 1 atom stereocenters. The molecule has 106 valence electrons. The Morgan fingerprint density at radius 3 is 3.00 bits per heavy atom. The number of nitrogens with one attached hydrogen (secondary N) is 1. The zero-order chi connectivity index (χ0) is 13.8. The van der Waals surface area contributed by atoms with Crippen LogP contribution in [0.2, 0.25) is 0 Å². The number of aryl methyl sites for hydroxylation is 1. The number of amides is 1. The van der Waals surface area contributed by atoms with E-state index in [1.807, 2.05) is 11.8 Å². The Morgan fingerprint density at radius 1 is 1.58 bits per heavy atom. The molecule has 1 aromatic rings. The molecule has 0 spiro atoms. The first kappa shape index (κ1) is 14.1. The lowest BCUT2D eigenvalue weighted by Crippen LogP contribution is -2.43. The van der Waals surface area contributed by atoms with Gasteiger partial charge in [-0.15, -0.1) is 0 Å².